The maximum atomic E-state index is 11.5. The van der Waals surface area contributed by atoms with Crippen molar-refractivity contribution in [2.75, 3.05) is 12.3 Å². The Balaban J connectivity index is 1.72. The zero-order valence-electron chi connectivity index (χ0n) is 9.82. The second kappa shape index (κ2) is 5.81. The number of ether oxygens (including phenoxy) is 1. The van der Waals surface area contributed by atoms with Gasteiger partial charge in [0, 0.05) is 24.5 Å². The number of carbonyl (C=O) groups is 1. The van der Waals surface area contributed by atoms with Crippen molar-refractivity contribution in [2.45, 2.75) is 13.0 Å². The van der Waals surface area contributed by atoms with Crippen LogP contribution in [0.5, 0.6) is 0 Å². The maximum Gasteiger partial charge on any atom is 0.327 e. The lowest BCUT2D eigenvalue weighted by Crippen LogP contribution is -2.15. The molecule has 6 heteroatoms. The summed E-state index contributed by atoms with van der Waals surface area (Å²) in [7, 11) is 0. The average molecular weight is 246 g/mol. The molecular formula is C12H14N4O2. The van der Waals surface area contributed by atoms with Gasteiger partial charge in [-0.15, -0.1) is 0 Å². The van der Waals surface area contributed by atoms with Crippen LogP contribution in [0.1, 0.15) is 5.69 Å². The summed E-state index contributed by atoms with van der Waals surface area (Å²) in [6.45, 7) is 0.381. The molecule has 2 aromatic heterocycles. The summed E-state index contributed by atoms with van der Waals surface area (Å²) in [5.41, 5.74) is 6.34. The van der Waals surface area contributed by atoms with Crippen molar-refractivity contribution in [1.82, 2.24) is 14.8 Å². The van der Waals surface area contributed by atoms with E-state index in [1.807, 2.05) is 18.2 Å². The first kappa shape index (κ1) is 12.1. The maximum absolute atomic E-state index is 11.5. The number of aromatic nitrogens is 3. The molecule has 0 atom stereocenters. The van der Waals surface area contributed by atoms with Gasteiger partial charge in [-0.25, -0.2) is 0 Å². The number of nitrogen functional groups attached to an aromatic ring is 1. The molecule has 0 saturated heterocycles. The van der Waals surface area contributed by atoms with Crippen molar-refractivity contribution in [1.29, 1.82) is 0 Å². The van der Waals surface area contributed by atoms with E-state index in [1.54, 1.807) is 18.5 Å². The molecule has 0 radical (unpaired) electrons. The Bertz CT molecular complexity index is 510. The lowest BCUT2D eigenvalue weighted by molar-refractivity contribution is -0.144. The largest absolute Gasteiger partial charge is 0.464 e. The Morgan fingerprint density at radius 3 is 2.94 bits per heavy atom. The fraction of sp³-hybridized carbons (Fsp3) is 0.250. The molecule has 0 bridgehead atoms. The molecule has 18 heavy (non-hydrogen) atoms. The van der Waals surface area contributed by atoms with Gasteiger partial charge >= 0.3 is 5.97 Å². The summed E-state index contributed by atoms with van der Waals surface area (Å²) in [5.74, 6) is 0.0466. The van der Waals surface area contributed by atoms with Gasteiger partial charge in [0.25, 0.3) is 0 Å². The van der Waals surface area contributed by atoms with Gasteiger partial charge < -0.3 is 10.5 Å². The zero-order valence-corrected chi connectivity index (χ0v) is 9.82. The molecule has 0 unspecified atom stereocenters. The first-order chi connectivity index (χ1) is 8.74. The number of hydrogen-bond donors (Lipinski definition) is 1. The topological polar surface area (TPSA) is 83.0 Å². The van der Waals surface area contributed by atoms with Crippen molar-refractivity contribution in [3.8, 4) is 0 Å². The van der Waals surface area contributed by atoms with Crippen LogP contribution in [0.15, 0.2) is 36.7 Å². The first-order valence-corrected chi connectivity index (χ1v) is 5.58. The summed E-state index contributed by atoms with van der Waals surface area (Å²) >= 11 is 0. The van der Waals surface area contributed by atoms with Crippen molar-refractivity contribution < 1.29 is 9.53 Å². The Morgan fingerprint density at radius 2 is 2.28 bits per heavy atom. The number of nitrogens with zero attached hydrogens (tertiary/aromatic N) is 3. The normalized spacial score (nSPS) is 10.2. The third kappa shape index (κ3) is 3.58. The fourth-order valence-corrected chi connectivity index (χ4v) is 1.46. The van der Waals surface area contributed by atoms with E-state index < -0.39 is 0 Å². The highest BCUT2D eigenvalue weighted by molar-refractivity contribution is 5.69. The van der Waals surface area contributed by atoms with E-state index >= 15 is 0 Å². The van der Waals surface area contributed by atoms with Crippen LogP contribution < -0.4 is 5.73 Å². The smallest absolute Gasteiger partial charge is 0.327 e. The molecule has 0 amide bonds. The molecule has 0 spiro atoms. The van der Waals surface area contributed by atoms with E-state index in [1.165, 1.54) is 4.68 Å². The minimum atomic E-state index is -0.339. The van der Waals surface area contributed by atoms with Crippen LogP contribution in [0.3, 0.4) is 0 Å². The van der Waals surface area contributed by atoms with Crippen molar-refractivity contribution in [2.24, 2.45) is 0 Å². The fourth-order valence-electron chi connectivity index (χ4n) is 1.46. The molecule has 0 aromatic carbocycles. The molecular weight excluding hydrogens is 232 g/mol. The van der Waals surface area contributed by atoms with Crippen molar-refractivity contribution >= 4 is 11.8 Å². The van der Waals surface area contributed by atoms with Crippen LogP contribution >= 0.6 is 0 Å². The van der Waals surface area contributed by atoms with Crippen LogP contribution in [0.4, 0.5) is 5.82 Å². The number of nitrogens with two attached hydrogens (primary N) is 1. The molecule has 2 heterocycles. The molecule has 0 fully saturated rings. The highest BCUT2D eigenvalue weighted by atomic mass is 16.5. The number of rotatable bonds is 5. The zero-order chi connectivity index (χ0) is 12.8. The van der Waals surface area contributed by atoms with E-state index in [9.17, 15) is 4.79 Å². The molecule has 0 aliphatic heterocycles. The van der Waals surface area contributed by atoms with Gasteiger partial charge in [0.2, 0.25) is 0 Å². The van der Waals surface area contributed by atoms with Crippen molar-refractivity contribution in [3.05, 3.63) is 42.4 Å². The third-order valence-corrected chi connectivity index (χ3v) is 2.30. The van der Waals surface area contributed by atoms with E-state index in [0.717, 1.165) is 5.69 Å². The molecule has 2 N–H and O–H groups in total. The van der Waals surface area contributed by atoms with Crippen LogP contribution in [0, 0.1) is 0 Å². The number of carbonyl (C=O) groups excluding carboxylic acids is 1. The second-order valence-corrected chi connectivity index (χ2v) is 3.73. The second-order valence-electron chi connectivity index (χ2n) is 3.73. The van der Waals surface area contributed by atoms with Gasteiger partial charge in [-0.3, -0.25) is 14.5 Å². The van der Waals surface area contributed by atoms with Gasteiger partial charge in [0.15, 0.2) is 0 Å². The van der Waals surface area contributed by atoms with Gasteiger partial charge in [-0.05, 0) is 18.2 Å². The summed E-state index contributed by atoms with van der Waals surface area (Å²) in [5, 5.41) is 3.90. The standard InChI is InChI=1S/C12H14N4O2/c13-11-4-7-16(15-11)9-12(17)18-8-5-10-3-1-2-6-14-10/h1-4,6-7H,5,8-9H2,(H2,13,15). The molecule has 6 nitrogen and oxygen atoms in total. The SMILES string of the molecule is Nc1ccn(CC(=O)OCCc2ccccn2)n1. The molecule has 0 aliphatic rings. The minimum Gasteiger partial charge on any atom is -0.464 e. The summed E-state index contributed by atoms with van der Waals surface area (Å²) < 4.78 is 6.52. The van der Waals surface area contributed by atoms with Crippen LogP contribution in [0.2, 0.25) is 0 Å². The Kier molecular flexibility index (Phi) is 3.90. The summed E-state index contributed by atoms with van der Waals surface area (Å²) in [6, 6.07) is 7.26. The van der Waals surface area contributed by atoms with E-state index in [2.05, 4.69) is 10.1 Å². The monoisotopic (exact) mass is 246 g/mol. The number of hydrogen-bond acceptors (Lipinski definition) is 5. The highest BCUT2D eigenvalue weighted by Gasteiger charge is 2.05. The van der Waals surface area contributed by atoms with Crippen molar-refractivity contribution in [3.63, 3.8) is 0 Å². The average Bonchev–Trinajstić information content (AvgIpc) is 2.76. The predicted molar refractivity (Wildman–Crippen MR) is 65.5 cm³/mol. The molecule has 0 saturated carbocycles. The lowest BCUT2D eigenvalue weighted by Gasteiger charge is -2.04. The van der Waals surface area contributed by atoms with Gasteiger partial charge in [0.05, 0.1) is 6.61 Å². The van der Waals surface area contributed by atoms with Crippen LogP contribution in [-0.4, -0.2) is 27.3 Å². The highest BCUT2D eigenvalue weighted by Crippen LogP contribution is 1.98. The number of anilines is 1. The lowest BCUT2D eigenvalue weighted by atomic mass is 10.3. The van der Waals surface area contributed by atoms with Gasteiger partial charge in [-0.1, -0.05) is 6.07 Å². The number of pyridine rings is 1. The van der Waals surface area contributed by atoms with Crippen LogP contribution in [0.25, 0.3) is 0 Å². The molecule has 2 rings (SSSR count). The van der Waals surface area contributed by atoms with Gasteiger partial charge in [-0.2, -0.15) is 5.10 Å². The van der Waals surface area contributed by atoms with Crippen LogP contribution in [-0.2, 0) is 22.5 Å². The van der Waals surface area contributed by atoms with Gasteiger partial charge in [0.1, 0.15) is 12.4 Å². The van der Waals surface area contributed by atoms with E-state index in [-0.39, 0.29) is 12.5 Å². The molecule has 94 valence electrons. The van der Waals surface area contributed by atoms with E-state index in [0.29, 0.717) is 18.8 Å². The summed E-state index contributed by atoms with van der Waals surface area (Å²) in [6.07, 6.45) is 3.95. The first-order valence-electron chi connectivity index (χ1n) is 5.58. The Morgan fingerprint density at radius 1 is 1.39 bits per heavy atom. The third-order valence-electron chi connectivity index (χ3n) is 2.30. The minimum absolute atomic E-state index is 0.0689. The molecule has 0 aliphatic carbocycles. The Labute approximate surface area is 104 Å². The predicted octanol–water partition coefficient (Wildman–Crippen LogP) is 0.646. The number of esters is 1. The quantitative estimate of drug-likeness (QED) is 0.783. The Hall–Kier alpha value is -2.37. The van der Waals surface area contributed by atoms with E-state index in [4.69, 9.17) is 10.5 Å². The molecule has 2 aromatic rings. The summed E-state index contributed by atoms with van der Waals surface area (Å²) in [4.78, 5) is 15.6.